The average Bonchev–Trinajstić information content (AvgIpc) is 2.76. The topological polar surface area (TPSA) is 80.4 Å². The van der Waals surface area contributed by atoms with Gasteiger partial charge in [0.15, 0.2) is 11.1 Å². The van der Waals surface area contributed by atoms with Gasteiger partial charge in [-0.3, -0.25) is 4.79 Å². The summed E-state index contributed by atoms with van der Waals surface area (Å²) in [7, 11) is 0. The Labute approximate surface area is 194 Å². The lowest BCUT2D eigenvalue weighted by molar-refractivity contribution is 0.0689. The van der Waals surface area contributed by atoms with Crippen LogP contribution < -0.4 is 5.43 Å². The number of aromatic carboxylic acids is 1. The van der Waals surface area contributed by atoms with E-state index in [1.54, 1.807) is 32.0 Å². The Morgan fingerprint density at radius 2 is 1.64 bits per heavy atom. The summed E-state index contributed by atoms with van der Waals surface area (Å²) < 4.78 is 6.08. The molecule has 2 aromatic heterocycles. The Kier molecular flexibility index (Phi) is 8.30. The molecule has 2 aromatic carbocycles. The van der Waals surface area contributed by atoms with Crippen molar-refractivity contribution in [3.63, 3.8) is 0 Å². The molecule has 5 heteroatoms. The third-order valence-electron chi connectivity index (χ3n) is 5.12. The SMILES string of the molecule is C.Cc1cc(C(C)C)c2oc(-c3ccccc3)cc(=O)c2c1.Cc1ccc(C)c(C(=O)O)n1. The normalized spacial score (nSPS) is 10.4. The Morgan fingerprint density at radius 3 is 2.21 bits per heavy atom. The summed E-state index contributed by atoms with van der Waals surface area (Å²) in [6, 6.07) is 18.9. The summed E-state index contributed by atoms with van der Waals surface area (Å²) in [5, 5.41) is 9.29. The largest absolute Gasteiger partial charge is 0.477 e. The van der Waals surface area contributed by atoms with Gasteiger partial charge < -0.3 is 9.52 Å². The molecule has 0 aliphatic carbocycles. The summed E-state index contributed by atoms with van der Waals surface area (Å²) in [6.45, 7) is 9.74. The molecule has 172 valence electrons. The minimum Gasteiger partial charge on any atom is -0.477 e. The first kappa shape index (κ1) is 25.5. The van der Waals surface area contributed by atoms with Crippen molar-refractivity contribution in [1.82, 2.24) is 4.98 Å². The van der Waals surface area contributed by atoms with E-state index in [1.807, 2.05) is 43.3 Å². The molecule has 0 atom stereocenters. The molecule has 0 bridgehead atoms. The molecule has 0 saturated carbocycles. The molecular weight excluding hydrogens is 414 g/mol. The van der Waals surface area contributed by atoms with Gasteiger partial charge in [-0.2, -0.15) is 0 Å². The zero-order chi connectivity index (χ0) is 23.4. The van der Waals surface area contributed by atoms with E-state index in [-0.39, 0.29) is 18.5 Å². The van der Waals surface area contributed by atoms with Crippen molar-refractivity contribution in [3.05, 3.63) is 99.0 Å². The second kappa shape index (κ2) is 10.7. The molecule has 0 amide bonds. The van der Waals surface area contributed by atoms with Gasteiger partial charge in [0.05, 0.1) is 5.39 Å². The van der Waals surface area contributed by atoms with Crippen LogP contribution in [0, 0.1) is 20.8 Å². The van der Waals surface area contributed by atoms with E-state index < -0.39 is 5.97 Å². The number of carboxylic acid groups (broad SMARTS) is 1. The molecule has 0 radical (unpaired) electrons. The molecule has 0 aliphatic heterocycles. The van der Waals surface area contributed by atoms with Gasteiger partial charge in [0.1, 0.15) is 11.3 Å². The van der Waals surface area contributed by atoms with Crippen LogP contribution in [0.1, 0.15) is 60.1 Å². The maximum Gasteiger partial charge on any atom is 0.354 e. The highest BCUT2D eigenvalue weighted by Gasteiger charge is 2.13. The van der Waals surface area contributed by atoms with Crippen molar-refractivity contribution in [1.29, 1.82) is 0 Å². The summed E-state index contributed by atoms with van der Waals surface area (Å²) in [4.78, 5) is 26.8. The zero-order valence-electron chi connectivity index (χ0n) is 19.0. The van der Waals surface area contributed by atoms with E-state index in [0.717, 1.165) is 22.4 Å². The number of benzene rings is 2. The number of aryl methyl sites for hydroxylation is 3. The predicted octanol–water partition coefficient (Wildman–Crippen LogP) is 6.92. The molecule has 5 nitrogen and oxygen atoms in total. The van der Waals surface area contributed by atoms with E-state index in [2.05, 4.69) is 24.9 Å². The molecule has 2 heterocycles. The summed E-state index contributed by atoms with van der Waals surface area (Å²) >= 11 is 0. The molecule has 33 heavy (non-hydrogen) atoms. The Hall–Kier alpha value is -3.73. The average molecular weight is 446 g/mol. The number of aromatic nitrogens is 1. The summed E-state index contributed by atoms with van der Waals surface area (Å²) in [5.74, 6) is -0.0355. The number of pyridine rings is 1. The monoisotopic (exact) mass is 445 g/mol. The first-order valence-electron chi connectivity index (χ1n) is 10.5. The van der Waals surface area contributed by atoms with Crippen LogP contribution in [-0.2, 0) is 0 Å². The molecule has 0 fully saturated rings. The number of hydrogen-bond acceptors (Lipinski definition) is 4. The van der Waals surface area contributed by atoms with Gasteiger partial charge in [0, 0.05) is 17.3 Å². The van der Waals surface area contributed by atoms with Crippen LogP contribution in [0.5, 0.6) is 0 Å². The number of nitrogens with zero attached hydrogens (tertiary/aromatic N) is 1. The first-order valence-corrected chi connectivity index (χ1v) is 10.5. The van der Waals surface area contributed by atoms with Crippen molar-refractivity contribution >= 4 is 16.9 Å². The van der Waals surface area contributed by atoms with Gasteiger partial charge >= 0.3 is 5.97 Å². The van der Waals surface area contributed by atoms with Crippen LogP contribution in [0.15, 0.2) is 69.9 Å². The standard InChI is InChI=1S/C19H18O2.C8H9NO2.CH4/c1-12(2)15-9-13(3)10-16-17(20)11-18(21-19(15)16)14-7-5-4-6-8-14;1-5-3-4-6(2)9-7(5)8(10)11;/h4-12H,1-3H3;3-4H,1-2H3,(H,10,11);1H4. The van der Waals surface area contributed by atoms with Crippen LogP contribution in [0.4, 0.5) is 0 Å². The maximum absolute atomic E-state index is 12.4. The second-order valence-electron chi connectivity index (χ2n) is 8.15. The number of carbonyl (C=O) groups is 1. The van der Waals surface area contributed by atoms with Gasteiger partial charge in [-0.05, 0) is 55.5 Å². The lowest BCUT2D eigenvalue weighted by atomic mass is 9.97. The van der Waals surface area contributed by atoms with E-state index >= 15 is 0 Å². The number of fused-ring (bicyclic) bond motifs is 1. The van der Waals surface area contributed by atoms with Gasteiger partial charge in [0.25, 0.3) is 0 Å². The summed E-state index contributed by atoms with van der Waals surface area (Å²) in [5.41, 5.74) is 5.39. The Morgan fingerprint density at radius 1 is 0.970 bits per heavy atom. The zero-order valence-corrected chi connectivity index (χ0v) is 19.0. The fraction of sp³-hybridized carbons (Fsp3) is 0.250. The number of hydrogen-bond donors (Lipinski definition) is 1. The lowest BCUT2D eigenvalue weighted by Gasteiger charge is -2.11. The van der Waals surface area contributed by atoms with Gasteiger partial charge in [-0.25, -0.2) is 9.78 Å². The molecule has 4 aromatic rings. The lowest BCUT2D eigenvalue weighted by Crippen LogP contribution is -2.03. The highest BCUT2D eigenvalue weighted by atomic mass is 16.4. The van der Waals surface area contributed by atoms with Crippen molar-refractivity contribution < 1.29 is 14.3 Å². The molecule has 4 rings (SSSR count). The van der Waals surface area contributed by atoms with E-state index in [1.165, 1.54) is 0 Å². The third kappa shape index (κ3) is 5.95. The van der Waals surface area contributed by atoms with Crippen LogP contribution in [0.2, 0.25) is 0 Å². The second-order valence-corrected chi connectivity index (χ2v) is 8.15. The van der Waals surface area contributed by atoms with Gasteiger partial charge in [-0.1, -0.05) is 63.7 Å². The van der Waals surface area contributed by atoms with Crippen LogP contribution >= 0.6 is 0 Å². The maximum atomic E-state index is 12.4. The van der Waals surface area contributed by atoms with Crippen molar-refractivity contribution in [2.75, 3.05) is 0 Å². The van der Waals surface area contributed by atoms with E-state index in [9.17, 15) is 9.59 Å². The fourth-order valence-electron chi connectivity index (χ4n) is 3.45. The Balaban J connectivity index is 0.000000274. The minimum absolute atomic E-state index is 0. The molecule has 0 saturated heterocycles. The number of carboxylic acids is 1. The smallest absolute Gasteiger partial charge is 0.354 e. The fourth-order valence-corrected chi connectivity index (χ4v) is 3.45. The molecule has 0 unspecified atom stereocenters. The van der Waals surface area contributed by atoms with E-state index in [0.29, 0.717) is 28.2 Å². The first-order chi connectivity index (χ1) is 15.2. The van der Waals surface area contributed by atoms with Crippen LogP contribution in [-0.4, -0.2) is 16.1 Å². The molecule has 0 aliphatic rings. The molecule has 0 spiro atoms. The molecule has 1 N–H and O–H groups in total. The van der Waals surface area contributed by atoms with Crippen molar-refractivity contribution in [3.8, 4) is 11.3 Å². The number of rotatable bonds is 3. The van der Waals surface area contributed by atoms with Crippen molar-refractivity contribution in [2.24, 2.45) is 0 Å². The minimum atomic E-state index is -0.966. The highest BCUT2D eigenvalue weighted by Crippen LogP contribution is 2.29. The quantitative estimate of drug-likeness (QED) is 0.370. The van der Waals surface area contributed by atoms with Crippen LogP contribution in [0.3, 0.4) is 0 Å². The molecular formula is C28H31NO4. The van der Waals surface area contributed by atoms with E-state index in [4.69, 9.17) is 9.52 Å². The summed E-state index contributed by atoms with van der Waals surface area (Å²) in [6.07, 6.45) is 0. The predicted molar refractivity (Wildman–Crippen MR) is 134 cm³/mol. The highest BCUT2D eigenvalue weighted by molar-refractivity contribution is 5.87. The third-order valence-corrected chi connectivity index (χ3v) is 5.12. The Bertz CT molecular complexity index is 1320. The van der Waals surface area contributed by atoms with Crippen molar-refractivity contribution in [2.45, 2.75) is 48.0 Å². The van der Waals surface area contributed by atoms with Crippen LogP contribution in [0.25, 0.3) is 22.3 Å². The van der Waals surface area contributed by atoms with Gasteiger partial charge in [0.2, 0.25) is 0 Å². The van der Waals surface area contributed by atoms with Gasteiger partial charge in [-0.15, -0.1) is 0 Å².